The highest BCUT2D eigenvalue weighted by molar-refractivity contribution is 5.40. The van der Waals surface area contributed by atoms with E-state index in [0.29, 0.717) is 12.1 Å². The van der Waals surface area contributed by atoms with Gasteiger partial charge in [0.1, 0.15) is 0 Å². The van der Waals surface area contributed by atoms with Gasteiger partial charge >= 0.3 is 0 Å². The van der Waals surface area contributed by atoms with Crippen molar-refractivity contribution in [2.45, 2.75) is 6.42 Å². The van der Waals surface area contributed by atoms with Crippen LogP contribution in [0.2, 0.25) is 0 Å². The van der Waals surface area contributed by atoms with Crippen molar-refractivity contribution in [1.29, 1.82) is 0 Å². The molecule has 0 fully saturated rings. The van der Waals surface area contributed by atoms with Crippen LogP contribution in [0.25, 0.3) is 0 Å². The highest BCUT2D eigenvalue weighted by Crippen LogP contribution is 2.14. The fourth-order valence-corrected chi connectivity index (χ4v) is 1.52. The standard InChI is InChI=1S/C13H11F2N/c14-12-6-3-10(8-13(12)15)7-9-1-4-11(16)5-2-9/h1-6,8H,7,16H2. The summed E-state index contributed by atoms with van der Waals surface area (Å²) in [5.41, 5.74) is 8.00. The summed E-state index contributed by atoms with van der Waals surface area (Å²) in [5, 5.41) is 0. The zero-order valence-corrected chi connectivity index (χ0v) is 8.58. The molecule has 0 unspecified atom stereocenters. The first kappa shape index (κ1) is 10.6. The molecule has 0 radical (unpaired) electrons. The van der Waals surface area contributed by atoms with Crippen molar-refractivity contribution in [3.05, 3.63) is 65.2 Å². The smallest absolute Gasteiger partial charge is 0.159 e. The van der Waals surface area contributed by atoms with Gasteiger partial charge in [0.25, 0.3) is 0 Å². The minimum absolute atomic E-state index is 0.567. The van der Waals surface area contributed by atoms with Crippen molar-refractivity contribution >= 4 is 5.69 Å². The summed E-state index contributed by atoms with van der Waals surface area (Å²) >= 11 is 0. The number of nitrogen functional groups attached to an aromatic ring is 1. The highest BCUT2D eigenvalue weighted by Gasteiger charge is 2.03. The van der Waals surface area contributed by atoms with Crippen LogP contribution < -0.4 is 5.73 Å². The molecule has 3 heteroatoms. The van der Waals surface area contributed by atoms with E-state index in [4.69, 9.17) is 5.73 Å². The molecule has 0 aliphatic rings. The zero-order chi connectivity index (χ0) is 11.5. The van der Waals surface area contributed by atoms with Gasteiger partial charge in [-0.05, 0) is 41.8 Å². The lowest BCUT2D eigenvalue weighted by molar-refractivity contribution is 0.507. The molecule has 0 aliphatic carbocycles. The molecule has 0 amide bonds. The number of hydrogen-bond donors (Lipinski definition) is 1. The molecule has 0 heterocycles. The maximum atomic E-state index is 13.0. The van der Waals surface area contributed by atoms with E-state index in [1.165, 1.54) is 6.07 Å². The van der Waals surface area contributed by atoms with Gasteiger partial charge in [0.05, 0.1) is 0 Å². The number of rotatable bonds is 2. The van der Waals surface area contributed by atoms with Crippen molar-refractivity contribution in [2.24, 2.45) is 0 Å². The van der Waals surface area contributed by atoms with Crippen LogP contribution in [-0.2, 0) is 6.42 Å². The molecular formula is C13H11F2N. The van der Waals surface area contributed by atoms with E-state index in [1.807, 2.05) is 12.1 Å². The highest BCUT2D eigenvalue weighted by atomic mass is 19.2. The Balaban J connectivity index is 2.20. The third-order valence-electron chi connectivity index (χ3n) is 2.37. The first-order chi connectivity index (χ1) is 7.65. The van der Waals surface area contributed by atoms with Crippen LogP contribution in [0.3, 0.4) is 0 Å². The number of nitrogens with two attached hydrogens (primary N) is 1. The van der Waals surface area contributed by atoms with Crippen LogP contribution in [0.15, 0.2) is 42.5 Å². The largest absolute Gasteiger partial charge is 0.399 e. The van der Waals surface area contributed by atoms with E-state index < -0.39 is 11.6 Å². The van der Waals surface area contributed by atoms with Crippen molar-refractivity contribution in [2.75, 3.05) is 5.73 Å². The van der Waals surface area contributed by atoms with E-state index in [0.717, 1.165) is 17.2 Å². The first-order valence-corrected chi connectivity index (χ1v) is 4.93. The van der Waals surface area contributed by atoms with E-state index >= 15 is 0 Å². The molecule has 0 atom stereocenters. The quantitative estimate of drug-likeness (QED) is 0.771. The Kier molecular flexibility index (Phi) is 2.86. The molecule has 0 aliphatic heterocycles. The summed E-state index contributed by atoms with van der Waals surface area (Å²) in [6.45, 7) is 0. The number of anilines is 1. The monoisotopic (exact) mass is 219 g/mol. The normalized spacial score (nSPS) is 10.4. The molecule has 2 aromatic rings. The molecule has 2 N–H and O–H groups in total. The topological polar surface area (TPSA) is 26.0 Å². The van der Waals surface area contributed by atoms with E-state index in [-0.39, 0.29) is 0 Å². The van der Waals surface area contributed by atoms with Crippen LogP contribution in [-0.4, -0.2) is 0 Å². The third kappa shape index (κ3) is 2.37. The second-order valence-corrected chi connectivity index (χ2v) is 3.67. The number of hydrogen-bond acceptors (Lipinski definition) is 1. The van der Waals surface area contributed by atoms with Crippen LogP contribution in [0.5, 0.6) is 0 Å². The lowest BCUT2D eigenvalue weighted by Gasteiger charge is -2.03. The summed E-state index contributed by atoms with van der Waals surface area (Å²) in [4.78, 5) is 0. The van der Waals surface area contributed by atoms with Gasteiger partial charge in [-0.25, -0.2) is 8.78 Å². The molecule has 0 saturated carbocycles. The molecule has 82 valence electrons. The van der Waals surface area contributed by atoms with Gasteiger partial charge in [-0.15, -0.1) is 0 Å². The maximum Gasteiger partial charge on any atom is 0.159 e. The Labute approximate surface area is 92.5 Å². The van der Waals surface area contributed by atoms with Gasteiger partial charge in [0, 0.05) is 5.69 Å². The molecule has 0 bridgehead atoms. The molecule has 0 aromatic heterocycles. The molecule has 1 nitrogen and oxygen atoms in total. The van der Waals surface area contributed by atoms with Crippen LogP contribution in [0.1, 0.15) is 11.1 Å². The fraction of sp³-hybridized carbons (Fsp3) is 0.0769. The van der Waals surface area contributed by atoms with Crippen LogP contribution in [0, 0.1) is 11.6 Å². The van der Waals surface area contributed by atoms with Crippen molar-refractivity contribution in [3.63, 3.8) is 0 Å². The number of halogens is 2. The van der Waals surface area contributed by atoms with Gasteiger partial charge in [0.15, 0.2) is 11.6 Å². The predicted octanol–water partition coefficient (Wildman–Crippen LogP) is 3.14. The summed E-state index contributed by atoms with van der Waals surface area (Å²) in [5.74, 6) is -1.63. The van der Waals surface area contributed by atoms with Gasteiger partial charge in [-0.3, -0.25) is 0 Å². The summed E-state index contributed by atoms with van der Waals surface area (Å²) < 4.78 is 25.6. The second kappa shape index (κ2) is 4.31. The average molecular weight is 219 g/mol. The first-order valence-electron chi connectivity index (χ1n) is 4.93. The SMILES string of the molecule is Nc1ccc(Cc2ccc(F)c(F)c2)cc1. The molecular weight excluding hydrogens is 208 g/mol. The Hall–Kier alpha value is -1.90. The fourth-order valence-electron chi connectivity index (χ4n) is 1.52. The van der Waals surface area contributed by atoms with E-state index in [1.54, 1.807) is 18.2 Å². The summed E-state index contributed by atoms with van der Waals surface area (Å²) in [6.07, 6.45) is 0.567. The third-order valence-corrected chi connectivity index (χ3v) is 2.37. The maximum absolute atomic E-state index is 13.0. The van der Waals surface area contributed by atoms with Crippen LogP contribution >= 0.6 is 0 Å². The second-order valence-electron chi connectivity index (χ2n) is 3.67. The summed E-state index contributed by atoms with van der Waals surface area (Å²) in [6, 6.07) is 11.3. The Morgan fingerprint density at radius 1 is 0.812 bits per heavy atom. The molecule has 2 aromatic carbocycles. The van der Waals surface area contributed by atoms with Crippen molar-refractivity contribution in [3.8, 4) is 0 Å². The lowest BCUT2D eigenvalue weighted by atomic mass is 10.0. The molecule has 2 rings (SSSR count). The Morgan fingerprint density at radius 3 is 2.06 bits per heavy atom. The minimum Gasteiger partial charge on any atom is -0.399 e. The Morgan fingerprint density at radius 2 is 1.44 bits per heavy atom. The number of benzene rings is 2. The molecule has 16 heavy (non-hydrogen) atoms. The van der Waals surface area contributed by atoms with Crippen molar-refractivity contribution in [1.82, 2.24) is 0 Å². The summed E-state index contributed by atoms with van der Waals surface area (Å²) in [7, 11) is 0. The Bertz CT molecular complexity index is 492. The zero-order valence-electron chi connectivity index (χ0n) is 8.58. The average Bonchev–Trinajstić information content (AvgIpc) is 2.27. The molecule has 0 spiro atoms. The van der Waals surface area contributed by atoms with E-state index in [9.17, 15) is 8.78 Å². The minimum atomic E-state index is -0.818. The van der Waals surface area contributed by atoms with Gasteiger partial charge in [0.2, 0.25) is 0 Å². The lowest BCUT2D eigenvalue weighted by Crippen LogP contribution is -1.92. The van der Waals surface area contributed by atoms with Gasteiger partial charge in [-0.1, -0.05) is 18.2 Å². The van der Waals surface area contributed by atoms with E-state index in [2.05, 4.69) is 0 Å². The van der Waals surface area contributed by atoms with Crippen LogP contribution in [0.4, 0.5) is 14.5 Å². The van der Waals surface area contributed by atoms with Gasteiger partial charge in [-0.2, -0.15) is 0 Å². The van der Waals surface area contributed by atoms with Gasteiger partial charge < -0.3 is 5.73 Å². The van der Waals surface area contributed by atoms with Crippen molar-refractivity contribution < 1.29 is 8.78 Å². The molecule has 0 saturated heterocycles. The predicted molar refractivity (Wildman–Crippen MR) is 60.0 cm³/mol.